The van der Waals surface area contributed by atoms with Crippen molar-refractivity contribution < 1.29 is 29.5 Å². The zero-order valence-electron chi connectivity index (χ0n) is 15.5. The lowest BCUT2D eigenvalue weighted by Crippen LogP contribution is -2.40. The zero-order chi connectivity index (χ0) is 22.7. The van der Waals surface area contributed by atoms with E-state index in [2.05, 4.69) is 0 Å². The van der Waals surface area contributed by atoms with Crippen molar-refractivity contribution in [2.75, 3.05) is 0 Å². The van der Waals surface area contributed by atoms with Crippen LogP contribution in [0.4, 0.5) is 22.7 Å². The predicted octanol–water partition coefficient (Wildman–Crippen LogP) is 3.14. The summed E-state index contributed by atoms with van der Waals surface area (Å²) in [5.41, 5.74) is -3.56. The maximum absolute atomic E-state index is 11.8. The quantitative estimate of drug-likeness (QED) is 0.340. The van der Waals surface area contributed by atoms with E-state index in [0.29, 0.717) is 0 Å². The average Bonchev–Trinajstić information content (AvgIpc) is 2.74. The van der Waals surface area contributed by atoms with Gasteiger partial charge in [0.05, 0.1) is 19.7 Å². The molecule has 0 spiro atoms. The van der Waals surface area contributed by atoms with Gasteiger partial charge in [-0.2, -0.15) is 4.57 Å². The SMILES string of the molecule is O=[N+]([O-])c1cccc(C(c2cccc([N+](=O)O)c2[N+](=O)[O-])[n+]2ccccc2)c1[N+](=O)[O-]. The maximum atomic E-state index is 11.8. The Balaban J connectivity index is 2.46. The molecule has 0 aliphatic rings. The fourth-order valence-electron chi connectivity index (χ4n) is 3.31. The molecule has 0 bridgehead atoms. The Labute approximate surface area is 172 Å². The Morgan fingerprint density at radius 2 is 1.16 bits per heavy atom. The lowest BCUT2D eigenvalue weighted by molar-refractivity contribution is -0.731. The summed E-state index contributed by atoms with van der Waals surface area (Å²) in [6, 6.07) is 10.3. The maximum Gasteiger partial charge on any atom is 0.393 e. The Kier molecular flexibility index (Phi) is 5.59. The molecule has 0 radical (unpaired) electrons. The molecule has 0 aliphatic carbocycles. The highest BCUT2D eigenvalue weighted by molar-refractivity contribution is 5.64. The number of nitro benzene ring substituents is 3. The van der Waals surface area contributed by atoms with Gasteiger partial charge in [0, 0.05) is 24.3 Å². The van der Waals surface area contributed by atoms with Crippen LogP contribution in [0.15, 0.2) is 67.0 Å². The van der Waals surface area contributed by atoms with E-state index in [1.807, 2.05) is 0 Å². The number of para-hydroxylation sites is 2. The first-order chi connectivity index (χ1) is 14.7. The summed E-state index contributed by atoms with van der Waals surface area (Å²) in [7, 11) is 0. The molecule has 1 aromatic heterocycles. The number of hydrogen-bond acceptors (Lipinski definition) is 7. The van der Waals surface area contributed by atoms with E-state index in [0.717, 1.165) is 12.1 Å². The van der Waals surface area contributed by atoms with Crippen molar-refractivity contribution in [1.82, 2.24) is 0 Å². The Hall–Kier alpha value is -4.81. The highest BCUT2D eigenvalue weighted by Crippen LogP contribution is 2.41. The molecule has 1 unspecified atom stereocenters. The van der Waals surface area contributed by atoms with Gasteiger partial charge in [0.2, 0.25) is 6.04 Å². The molecule has 13 nitrogen and oxygen atoms in total. The number of aromatic nitrogens is 1. The van der Waals surface area contributed by atoms with E-state index < -0.39 is 48.5 Å². The second-order valence-corrected chi connectivity index (χ2v) is 6.20. The van der Waals surface area contributed by atoms with Gasteiger partial charge in [0.15, 0.2) is 12.4 Å². The van der Waals surface area contributed by atoms with Crippen molar-refractivity contribution in [2.45, 2.75) is 6.04 Å². The van der Waals surface area contributed by atoms with E-state index in [4.69, 9.17) is 0 Å². The van der Waals surface area contributed by atoms with Gasteiger partial charge in [0.25, 0.3) is 4.92 Å². The summed E-state index contributed by atoms with van der Waals surface area (Å²) in [5.74, 6) is 0. The van der Waals surface area contributed by atoms with Crippen molar-refractivity contribution in [3.8, 4) is 0 Å². The van der Waals surface area contributed by atoms with Crippen LogP contribution in [0.5, 0.6) is 0 Å². The Bertz CT molecular complexity index is 1140. The summed E-state index contributed by atoms with van der Waals surface area (Å²) < 4.78 is 1.37. The monoisotopic (exact) mass is 427 g/mol. The van der Waals surface area contributed by atoms with Gasteiger partial charge in [-0.15, -0.1) is 0 Å². The van der Waals surface area contributed by atoms with Crippen LogP contribution in [0.2, 0.25) is 0 Å². The first-order valence-electron chi connectivity index (χ1n) is 8.55. The minimum Gasteiger partial charge on any atom is -0.258 e. The van der Waals surface area contributed by atoms with Gasteiger partial charge in [-0.1, -0.05) is 18.2 Å². The largest absolute Gasteiger partial charge is 0.393 e. The molecular weight excluding hydrogens is 414 g/mol. The number of pyridine rings is 1. The Morgan fingerprint density at radius 3 is 1.61 bits per heavy atom. The van der Waals surface area contributed by atoms with Gasteiger partial charge < -0.3 is 0 Å². The van der Waals surface area contributed by atoms with Gasteiger partial charge in [-0.25, -0.2) is 5.21 Å². The van der Waals surface area contributed by atoms with Gasteiger partial charge in [-0.3, -0.25) is 30.3 Å². The lowest BCUT2D eigenvalue weighted by Gasteiger charge is -2.13. The molecule has 2 aromatic carbocycles. The van der Waals surface area contributed by atoms with Crippen molar-refractivity contribution >= 4 is 22.7 Å². The number of rotatable bonds is 7. The molecule has 31 heavy (non-hydrogen) atoms. The molecule has 1 heterocycles. The topological polar surface area (TPSA) is 174 Å². The highest BCUT2D eigenvalue weighted by Gasteiger charge is 2.43. The van der Waals surface area contributed by atoms with Crippen LogP contribution in [-0.4, -0.2) is 24.9 Å². The summed E-state index contributed by atoms with van der Waals surface area (Å²) >= 11 is 0. The molecule has 0 fully saturated rings. The molecule has 3 aromatic rings. The van der Waals surface area contributed by atoms with E-state index >= 15 is 0 Å². The van der Waals surface area contributed by atoms with Crippen molar-refractivity contribution in [2.24, 2.45) is 0 Å². The minimum atomic E-state index is -1.30. The molecule has 0 saturated carbocycles. The van der Waals surface area contributed by atoms with Crippen LogP contribution in [0, 0.1) is 35.3 Å². The van der Waals surface area contributed by atoms with Crippen LogP contribution in [0.25, 0.3) is 0 Å². The standard InChI is InChI=1S/C18H13N5O8/c24-20(25)14-8-4-6-12(17(14)22(28)29)16(19-10-2-1-3-11-19)13-7-5-9-15(21(26)27)18(13)23(30)31/h1-11,16H,(H,24,25)/q+2. The molecule has 156 valence electrons. The smallest absolute Gasteiger partial charge is 0.258 e. The van der Waals surface area contributed by atoms with E-state index in [9.17, 15) is 40.5 Å². The second-order valence-electron chi connectivity index (χ2n) is 6.20. The summed E-state index contributed by atoms with van der Waals surface area (Å²) in [4.78, 5) is 43.0. The molecular formula is C18H13N5O8+2. The van der Waals surface area contributed by atoms with Crippen LogP contribution in [-0.2, 0) is 0 Å². The fraction of sp³-hybridized carbons (Fsp3) is 0.0556. The summed E-state index contributed by atoms with van der Waals surface area (Å²) in [6.45, 7) is 0. The third-order valence-corrected chi connectivity index (χ3v) is 4.49. The van der Waals surface area contributed by atoms with Gasteiger partial charge in [-0.05, 0) is 12.1 Å². The van der Waals surface area contributed by atoms with E-state index in [-0.39, 0.29) is 11.1 Å². The van der Waals surface area contributed by atoms with E-state index in [1.54, 1.807) is 18.2 Å². The third-order valence-electron chi connectivity index (χ3n) is 4.49. The van der Waals surface area contributed by atoms with Crippen molar-refractivity contribution in [3.63, 3.8) is 0 Å². The van der Waals surface area contributed by atoms with Crippen molar-refractivity contribution in [3.05, 3.63) is 113 Å². The summed E-state index contributed by atoms with van der Waals surface area (Å²) in [6.07, 6.45) is 2.91. The average molecular weight is 427 g/mol. The predicted molar refractivity (Wildman–Crippen MR) is 102 cm³/mol. The van der Waals surface area contributed by atoms with Crippen LogP contribution in [0.1, 0.15) is 17.2 Å². The van der Waals surface area contributed by atoms with Gasteiger partial charge in [0.1, 0.15) is 11.1 Å². The zero-order valence-corrected chi connectivity index (χ0v) is 15.5. The van der Waals surface area contributed by atoms with E-state index in [1.165, 1.54) is 41.2 Å². The van der Waals surface area contributed by atoms with Crippen LogP contribution in [0.3, 0.4) is 0 Å². The molecule has 3 rings (SSSR count). The lowest BCUT2D eigenvalue weighted by atomic mass is 9.94. The van der Waals surface area contributed by atoms with Crippen molar-refractivity contribution in [1.29, 1.82) is 0 Å². The third kappa shape index (κ3) is 3.87. The highest BCUT2D eigenvalue weighted by atomic mass is 16.6. The molecule has 1 atom stereocenters. The number of hydrogen-bond donors (Lipinski definition) is 1. The molecule has 0 amide bonds. The summed E-state index contributed by atoms with van der Waals surface area (Å²) in [5, 5.41) is 44.3. The normalized spacial score (nSPS) is 11.5. The molecule has 13 heteroatoms. The number of benzene rings is 2. The minimum absolute atomic E-state index is 0.197. The molecule has 1 N–H and O–H groups in total. The second kappa shape index (κ2) is 8.28. The fourth-order valence-corrected chi connectivity index (χ4v) is 3.31. The number of nitrogens with zero attached hydrogens (tertiary/aromatic N) is 5. The van der Waals surface area contributed by atoms with Gasteiger partial charge >= 0.3 is 22.7 Å². The van der Waals surface area contributed by atoms with Crippen LogP contribution < -0.4 is 4.57 Å². The number of nitro groups is 3. The first-order valence-corrected chi connectivity index (χ1v) is 8.55. The van der Waals surface area contributed by atoms with Crippen LogP contribution >= 0.6 is 0 Å². The Morgan fingerprint density at radius 1 is 0.677 bits per heavy atom. The first kappa shape index (κ1) is 20.9. The molecule has 0 saturated heterocycles. The molecule has 0 aliphatic heterocycles.